The van der Waals surface area contributed by atoms with E-state index >= 15 is 0 Å². The molecule has 304 valence electrons. The van der Waals surface area contributed by atoms with Gasteiger partial charge in [0.05, 0.1) is 25.6 Å². The van der Waals surface area contributed by atoms with Crippen LogP contribution >= 0.6 is 22.7 Å². The first kappa shape index (κ1) is 42.1. The number of benzene rings is 2. The molecular weight excluding hydrogens is 757 g/mol. The first-order chi connectivity index (χ1) is 27.8. The molecule has 1 aliphatic heterocycles. The summed E-state index contributed by atoms with van der Waals surface area (Å²) in [5.41, 5.74) is 3.67. The minimum absolute atomic E-state index is 0.143. The Morgan fingerprint density at radius 2 is 1.32 bits per heavy atom. The first-order valence-corrected chi connectivity index (χ1v) is 22.3. The topological polar surface area (TPSA) is 122 Å². The van der Waals surface area contributed by atoms with Crippen LogP contribution in [0.4, 0.5) is 11.4 Å². The van der Waals surface area contributed by atoms with Crippen LogP contribution in [0.3, 0.4) is 0 Å². The summed E-state index contributed by atoms with van der Waals surface area (Å²) in [6.07, 6.45) is 16.2. The van der Waals surface area contributed by atoms with Crippen LogP contribution in [0.2, 0.25) is 0 Å². The molecule has 3 heterocycles. The van der Waals surface area contributed by atoms with E-state index in [9.17, 15) is 19.2 Å². The van der Waals surface area contributed by atoms with Gasteiger partial charge in [-0.25, -0.2) is 9.59 Å². The second-order valence-electron chi connectivity index (χ2n) is 15.4. The summed E-state index contributed by atoms with van der Waals surface area (Å²) in [5.74, 6) is -0.281. The summed E-state index contributed by atoms with van der Waals surface area (Å²) in [6, 6.07) is 24.4. The van der Waals surface area contributed by atoms with Crippen LogP contribution in [0.25, 0.3) is 20.9 Å². The number of carboxylic acids is 1. The molecule has 4 aromatic rings. The molecule has 1 saturated heterocycles. The van der Waals surface area contributed by atoms with Gasteiger partial charge >= 0.3 is 17.9 Å². The second-order valence-corrected chi connectivity index (χ2v) is 17.6. The summed E-state index contributed by atoms with van der Waals surface area (Å²) in [6.45, 7) is 0. The molecule has 0 bridgehead atoms. The zero-order chi connectivity index (χ0) is 40.1. The molecule has 3 fully saturated rings. The molecule has 0 spiro atoms. The fraction of sp³-hybridized carbons (Fsp3) is 0.478. The monoisotopic (exact) mass is 812 g/mol. The standard InChI is InChI=1S/C23H29NO4S.C23H27NO3S/c1-28-23(27)22-19(15-20(29-22)17-11-6-3-7-12-17)24-18(13-8-14-21(25)26)16-9-4-2-5-10-16;1-27-23(26)22-19(15-20(28-22)17-11-6-3-7-12-17)24-18(13-8-14-21(24)25)16-9-4-2-5-10-16/h3,6-7,11-12,15-16,18,24H,2,4-5,8-10,13-14H2,1H3,(H,25,26);3,6-7,11-12,15-16,18H,2,4-5,8-10,13-14H2,1H3. The highest BCUT2D eigenvalue weighted by atomic mass is 32.1. The zero-order valence-electron chi connectivity index (χ0n) is 33.2. The summed E-state index contributed by atoms with van der Waals surface area (Å²) in [4.78, 5) is 54.1. The van der Waals surface area contributed by atoms with E-state index in [1.807, 2.05) is 77.7 Å². The Bertz CT molecular complexity index is 1930. The third kappa shape index (κ3) is 10.9. The quantitative estimate of drug-likeness (QED) is 0.128. The number of aliphatic carboxylic acids is 1. The second kappa shape index (κ2) is 20.8. The minimum Gasteiger partial charge on any atom is -0.481 e. The SMILES string of the molecule is COC(=O)c1sc(-c2ccccc2)cc1N1C(=O)CCCC1C1CCCCC1.COC(=O)c1sc(-c2ccccc2)cc1NC(CCCC(=O)O)C1CCCCC1. The van der Waals surface area contributed by atoms with Crippen molar-refractivity contribution in [3.8, 4) is 20.9 Å². The Morgan fingerprint density at radius 1 is 0.754 bits per heavy atom. The van der Waals surface area contributed by atoms with E-state index < -0.39 is 5.97 Å². The van der Waals surface area contributed by atoms with Gasteiger partial charge in [-0.2, -0.15) is 0 Å². The lowest BCUT2D eigenvalue weighted by molar-refractivity contribution is -0.137. The third-order valence-electron chi connectivity index (χ3n) is 11.7. The Hall–Kier alpha value is -4.48. The van der Waals surface area contributed by atoms with E-state index in [-0.39, 0.29) is 36.4 Å². The van der Waals surface area contributed by atoms with Gasteiger partial charge in [0, 0.05) is 34.7 Å². The van der Waals surface area contributed by atoms with E-state index in [0.717, 1.165) is 64.4 Å². The van der Waals surface area contributed by atoms with E-state index in [1.54, 1.807) is 0 Å². The summed E-state index contributed by atoms with van der Waals surface area (Å²) < 4.78 is 10.1. The highest BCUT2D eigenvalue weighted by Crippen LogP contribution is 2.43. The number of nitrogens with zero attached hydrogens (tertiary/aromatic N) is 1. The van der Waals surface area contributed by atoms with Crippen molar-refractivity contribution in [2.75, 3.05) is 24.4 Å². The van der Waals surface area contributed by atoms with Crippen LogP contribution in [0.15, 0.2) is 72.8 Å². The van der Waals surface area contributed by atoms with Crippen LogP contribution in [0.5, 0.6) is 0 Å². The van der Waals surface area contributed by atoms with Crippen molar-refractivity contribution in [2.45, 2.75) is 115 Å². The number of amides is 1. The van der Waals surface area contributed by atoms with Gasteiger partial charge in [0.1, 0.15) is 9.75 Å². The molecular formula is C46H56N2O7S2. The maximum absolute atomic E-state index is 13.0. The summed E-state index contributed by atoms with van der Waals surface area (Å²) in [5, 5.41) is 12.6. The van der Waals surface area contributed by atoms with E-state index in [1.165, 1.54) is 88.3 Å². The van der Waals surface area contributed by atoms with Crippen molar-refractivity contribution in [1.29, 1.82) is 0 Å². The number of nitrogens with one attached hydrogen (secondary N) is 1. The van der Waals surface area contributed by atoms with Crippen LogP contribution in [0.1, 0.15) is 122 Å². The number of hydrogen-bond acceptors (Lipinski definition) is 9. The largest absolute Gasteiger partial charge is 0.481 e. The van der Waals surface area contributed by atoms with Gasteiger partial charge in [-0.1, -0.05) is 99.2 Å². The Kier molecular flexibility index (Phi) is 15.4. The molecule has 9 nitrogen and oxygen atoms in total. The number of thiophene rings is 2. The Labute approximate surface area is 344 Å². The maximum atomic E-state index is 13.0. The van der Waals surface area contributed by atoms with Gasteiger partial charge in [0.2, 0.25) is 5.91 Å². The van der Waals surface area contributed by atoms with Crippen molar-refractivity contribution < 1.29 is 33.8 Å². The molecule has 1 amide bonds. The molecule has 3 aliphatic rings. The maximum Gasteiger partial charge on any atom is 0.350 e. The highest BCUT2D eigenvalue weighted by Gasteiger charge is 2.38. The molecule has 11 heteroatoms. The van der Waals surface area contributed by atoms with Crippen molar-refractivity contribution in [2.24, 2.45) is 11.8 Å². The van der Waals surface area contributed by atoms with Gasteiger partial charge in [-0.05, 0) is 86.5 Å². The fourth-order valence-corrected chi connectivity index (χ4v) is 11.0. The van der Waals surface area contributed by atoms with Crippen molar-refractivity contribution >= 4 is 57.9 Å². The number of hydrogen-bond donors (Lipinski definition) is 2. The van der Waals surface area contributed by atoms with E-state index in [0.29, 0.717) is 34.4 Å². The molecule has 2 aliphatic carbocycles. The zero-order valence-corrected chi connectivity index (χ0v) is 34.8. The average molecular weight is 813 g/mol. The molecule has 57 heavy (non-hydrogen) atoms. The van der Waals surface area contributed by atoms with Crippen LogP contribution in [0, 0.1) is 11.8 Å². The van der Waals surface area contributed by atoms with E-state index in [4.69, 9.17) is 14.6 Å². The predicted molar refractivity (Wildman–Crippen MR) is 229 cm³/mol. The van der Waals surface area contributed by atoms with Gasteiger partial charge in [0.25, 0.3) is 0 Å². The molecule has 2 saturated carbocycles. The number of anilines is 2. The molecule has 0 radical (unpaired) electrons. The Morgan fingerprint density at radius 3 is 1.91 bits per heavy atom. The molecule has 2 atom stereocenters. The molecule has 2 N–H and O–H groups in total. The average Bonchev–Trinajstić information content (AvgIpc) is 3.89. The van der Waals surface area contributed by atoms with Crippen LogP contribution < -0.4 is 10.2 Å². The van der Waals surface area contributed by atoms with Gasteiger partial charge in [-0.3, -0.25) is 9.59 Å². The molecule has 2 aromatic heterocycles. The number of rotatable bonds is 13. The third-order valence-corrected chi connectivity index (χ3v) is 14.0. The number of carbonyl (C=O) groups is 4. The number of esters is 2. The van der Waals surface area contributed by atoms with E-state index in [2.05, 4.69) is 5.32 Å². The smallest absolute Gasteiger partial charge is 0.350 e. The van der Waals surface area contributed by atoms with Crippen LogP contribution in [-0.2, 0) is 19.1 Å². The normalized spacial score (nSPS) is 18.2. The number of piperidine rings is 1. The van der Waals surface area contributed by atoms with Gasteiger partial charge in [0.15, 0.2) is 0 Å². The minimum atomic E-state index is -0.760. The number of carbonyl (C=O) groups excluding carboxylic acids is 3. The lowest BCUT2D eigenvalue weighted by Crippen LogP contribution is -2.48. The highest BCUT2D eigenvalue weighted by molar-refractivity contribution is 7.18. The van der Waals surface area contributed by atoms with Gasteiger partial charge < -0.3 is 24.8 Å². The molecule has 2 aromatic carbocycles. The number of carboxylic acid groups (broad SMARTS) is 1. The van der Waals surface area contributed by atoms with Crippen LogP contribution in [-0.4, -0.2) is 55.2 Å². The Balaban J connectivity index is 0.000000193. The van der Waals surface area contributed by atoms with Gasteiger partial charge in [-0.15, -0.1) is 22.7 Å². The van der Waals surface area contributed by atoms with Crippen molar-refractivity contribution in [1.82, 2.24) is 0 Å². The lowest BCUT2D eigenvalue weighted by Gasteiger charge is -2.41. The lowest BCUT2D eigenvalue weighted by atomic mass is 9.79. The first-order valence-electron chi connectivity index (χ1n) is 20.6. The molecule has 7 rings (SSSR count). The van der Waals surface area contributed by atoms with Crippen molar-refractivity contribution in [3.05, 3.63) is 82.6 Å². The fourth-order valence-electron chi connectivity index (χ4n) is 8.84. The summed E-state index contributed by atoms with van der Waals surface area (Å²) >= 11 is 2.85. The van der Waals surface area contributed by atoms with Crippen molar-refractivity contribution in [3.63, 3.8) is 0 Å². The number of ether oxygens (including phenoxy) is 2. The summed E-state index contributed by atoms with van der Waals surface area (Å²) in [7, 11) is 2.81. The predicted octanol–water partition coefficient (Wildman–Crippen LogP) is 11.5. The number of methoxy groups -OCH3 is 2. The molecule has 2 unspecified atom stereocenters.